The highest BCUT2D eigenvalue weighted by molar-refractivity contribution is 7.09. The van der Waals surface area contributed by atoms with Crippen LogP contribution in [0.25, 0.3) is 0 Å². The van der Waals surface area contributed by atoms with Crippen molar-refractivity contribution < 1.29 is 0 Å². The van der Waals surface area contributed by atoms with E-state index in [0.717, 1.165) is 16.3 Å². The first-order chi connectivity index (χ1) is 8.04. The molecule has 17 heavy (non-hydrogen) atoms. The Morgan fingerprint density at radius 1 is 1.29 bits per heavy atom. The second-order valence-electron chi connectivity index (χ2n) is 3.87. The van der Waals surface area contributed by atoms with Gasteiger partial charge in [-0.25, -0.2) is 4.98 Å². The largest absolute Gasteiger partial charge is 0.324 e. The van der Waals surface area contributed by atoms with Gasteiger partial charge in [-0.1, -0.05) is 23.2 Å². The smallest absolute Gasteiger partial charge is 0.0897 e. The Bertz CT molecular complexity index is 505. The lowest BCUT2D eigenvalue weighted by Crippen LogP contribution is -2.13. The van der Waals surface area contributed by atoms with Crippen molar-refractivity contribution in [1.82, 2.24) is 4.98 Å². The molecule has 0 bridgehead atoms. The molecule has 2 rings (SSSR count). The SMILES string of the molecule is Cc1nc(CC(N)c2cc(Cl)cc(Cl)c2)cs1. The number of halogens is 2. The van der Waals surface area contributed by atoms with Crippen LogP contribution in [0.3, 0.4) is 0 Å². The second kappa shape index (κ2) is 5.36. The minimum atomic E-state index is -0.132. The van der Waals surface area contributed by atoms with Crippen LogP contribution >= 0.6 is 34.5 Å². The van der Waals surface area contributed by atoms with Crippen molar-refractivity contribution in [2.24, 2.45) is 5.73 Å². The predicted octanol–water partition coefficient (Wildman–Crippen LogP) is 4.00. The number of nitrogens with two attached hydrogens (primary N) is 1. The lowest BCUT2D eigenvalue weighted by molar-refractivity contribution is 0.709. The number of nitrogens with zero attached hydrogens (tertiary/aromatic N) is 1. The average Bonchev–Trinajstić information content (AvgIpc) is 2.62. The minimum absolute atomic E-state index is 0.132. The van der Waals surface area contributed by atoms with E-state index in [4.69, 9.17) is 28.9 Å². The first kappa shape index (κ1) is 12.8. The first-order valence-corrected chi connectivity index (χ1v) is 6.81. The van der Waals surface area contributed by atoms with Crippen molar-refractivity contribution in [2.75, 3.05) is 0 Å². The molecule has 0 spiro atoms. The Labute approximate surface area is 114 Å². The van der Waals surface area contributed by atoms with Crippen LogP contribution in [-0.4, -0.2) is 4.98 Å². The molecule has 0 radical (unpaired) electrons. The summed E-state index contributed by atoms with van der Waals surface area (Å²) in [7, 11) is 0. The van der Waals surface area contributed by atoms with Crippen LogP contribution < -0.4 is 5.73 Å². The highest BCUT2D eigenvalue weighted by atomic mass is 35.5. The third-order valence-electron chi connectivity index (χ3n) is 2.41. The van der Waals surface area contributed by atoms with Crippen LogP contribution in [0, 0.1) is 6.92 Å². The fourth-order valence-corrected chi connectivity index (χ4v) is 2.80. The number of hydrogen-bond acceptors (Lipinski definition) is 3. The van der Waals surface area contributed by atoms with E-state index in [1.54, 1.807) is 17.4 Å². The second-order valence-corrected chi connectivity index (χ2v) is 5.81. The average molecular weight is 287 g/mol. The summed E-state index contributed by atoms with van der Waals surface area (Å²) < 4.78 is 0. The maximum absolute atomic E-state index is 6.12. The quantitative estimate of drug-likeness (QED) is 0.926. The molecule has 2 nitrogen and oxygen atoms in total. The van der Waals surface area contributed by atoms with E-state index in [-0.39, 0.29) is 6.04 Å². The predicted molar refractivity (Wildman–Crippen MR) is 73.9 cm³/mol. The molecule has 0 amide bonds. The van der Waals surface area contributed by atoms with Crippen molar-refractivity contribution in [3.8, 4) is 0 Å². The van der Waals surface area contributed by atoms with Gasteiger partial charge in [0.1, 0.15) is 0 Å². The molecule has 90 valence electrons. The summed E-state index contributed by atoms with van der Waals surface area (Å²) in [5, 5.41) is 4.30. The van der Waals surface area contributed by atoms with E-state index in [9.17, 15) is 0 Å². The highest BCUT2D eigenvalue weighted by Gasteiger charge is 2.10. The third-order valence-corrected chi connectivity index (χ3v) is 3.67. The summed E-state index contributed by atoms with van der Waals surface area (Å²) in [6.07, 6.45) is 0.695. The third kappa shape index (κ3) is 3.42. The number of aromatic nitrogens is 1. The lowest BCUT2D eigenvalue weighted by atomic mass is 10.0. The van der Waals surface area contributed by atoms with E-state index in [0.29, 0.717) is 16.5 Å². The van der Waals surface area contributed by atoms with Gasteiger partial charge < -0.3 is 5.73 Å². The van der Waals surface area contributed by atoms with Gasteiger partial charge in [0.25, 0.3) is 0 Å². The number of rotatable bonds is 3. The summed E-state index contributed by atoms with van der Waals surface area (Å²) in [6, 6.07) is 5.26. The van der Waals surface area contributed by atoms with Gasteiger partial charge in [-0.2, -0.15) is 0 Å². The van der Waals surface area contributed by atoms with Crippen molar-refractivity contribution in [3.63, 3.8) is 0 Å². The van der Waals surface area contributed by atoms with Gasteiger partial charge in [-0.15, -0.1) is 11.3 Å². The minimum Gasteiger partial charge on any atom is -0.324 e. The molecule has 1 heterocycles. The Kier molecular flexibility index (Phi) is 4.05. The Morgan fingerprint density at radius 2 is 1.94 bits per heavy atom. The van der Waals surface area contributed by atoms with Gasteiger partial charge in [0.2, 0.25) is 0 Å². The fourth-order valence-electron chi connectivity index (χ4n) is 1.63. The van der Waals surface area contributed by atoms with Gasteiger partial charge in [-0.3, -0.25) is 0 Å². The molecule has 0 saturated heterocycles. The topological polar surface area (TPSA) is 38.9 Å². The lowest BCUT2D eigenvalue weighted by Gasteiger charge is -2.11. The van der Waals surface area contributed by atoms with Crippen molar-refractivity contribution >= 4 is 34.5 Å². The van der Waals surface area contributed by atoms with Gasteiger partial charge in [0, 0.05) is 27.9 Å². The van der Waals surface area contributed by atoms with Gasteiger partial charge in [0.05, 0.1) is 10.7 Å². The van der Waals surface area contributed by atoms with Crippen molar-refractivity contribution in [1.29, 1.82) is 0 Å². The van der Waals surface area contributed by atoms with Crippen molar-refractivity contribution in [3.05, 3.63) is 49.9 Å². The number of aryl methyl sites for hydroxylation is 1. The van der Waals surface area contributed by atoms with Crippen LogP contribution in [0.2, 0.25) is 10.0 Å². The van der Waals surface area contributed by atoms with E-state index < -0.39 is 0 Å². The van der Waals surface area contributed by atoms with E-state index in [2.05, 4.69) is 4.98 Å². The fraction of sp³-hybridized carbons (Fsp3) is 0.250. The zero-order chi connectivity index (χ0) is 12.4. The molecule has 0 aliphatic carbocycles. The van der Waals surface area contributed by atoms with Gasteiger partial charge in [0.15, 0.2) is 0 Å². The maximum Gasteiger partial charge on any atom is 0.0897 e. The Morgan fingerprint density at radius 3 is 2.47 bits per heavy atom. The van der Waals surface area contributed by atoms with Crippen molar-refractivity contribution in [2.45, 2.75) is 19.4 Å². The zero-order valence-electron chi connectivity index (χ0n) is 9.28. The molecule has 0 aliphatic rings. The van der Waals surface area contributed by atoms with E-state index in [1.807, 2.05) is 24.4 Å². The van der Waals surface area contributed by atoms with Crippen LogP contribution in [0.4, 0.5) is 0 Å². The molecule has 1 unspecified atom stereocenters. The van der Waals surface area contributed by atoms with E-state index >= 15 is 0 Å². The molecule has 0 aliphatic heterocycles. The molecule has 2 aromatic rings. The molecule has 1 atom stereocenters. The Balaban J connectivity index is 2.16. The monoisotopic (exact) mass is 286 g/mol. The molecule has 5 heteroatoms. The zero-order valence-corrected chi connectivity index (χ0v) is 11.6. The summed E-state index contributed by atoms with van der Waals surface area (Å²) in [4.78, 5) is 4.39. The number of benzene rings is 1. The summed E-state index contributed by atoms with van der Waals surface area (Å²) in [5.41, 5.74) is 8.07. The van der Waals surface area contributed by atoms with E-state index in [1.165, 1.54) is 0 Å². The van der Waals surface area contributed by atoms with Gasteiger partial charge >= 0.3 is 0 Å². The molecular formula is C12H12Cl2N2S. The number of hydrogen-bond donors (Lipinski definition) is 1. The number of thiazole rings is 1. The van der Waals surface area contributed by atoms with Crippen LogP contribution in [-0.2, 0) is 6.42 Å². The highest BCUT2D eigenvalue weighted by Crippen LogP contribution is 2.24. The molecule has 2 N–H and O–H groups in total. The summed E-state index contributed by atoms with van der Waals surface area (Å²) in [6.45, 7) is 1.98. The molecule has 1 aromatic carbocycles. The Hall–Kier alpha value is -0.610. The molecule has 0 saturated carbocycles. The van der Waals surface area contributed by atoms with Crippen LogP contribution in [0.15, 0.2) is 23.6 Å². The summed E-state index contributed by atoms with van der Waals surface area (Å²) in [5.74, 6) is 0. The standard InChI is InChI=1S/C12H12Cl2N2S/c1-7-16-11(6-17-7)5-12(15)8-2-9(13)4-10(14)3-8/h2-4,6,12H,5,15H2,1H3. The molecule has 1 aromatic heterocycles. The van der Waals surface area contributed by atoms with Crippen LogP contribution in [0.5, 0.6) is 0 Å². The molecular weight excluding hydrogens is 275 g/mol. The van der Waals surface area contributed by atoms with Gasteiger partial charge in [-0.05, 0) is 30.7 Å². The normalized spacial score (nSPS) is 12.7. The summed E-state index contributed by atoms with van der Waals surface area (Å²) >= 11 is 13.5. The van der Waals surface area contributed by atoms with Crippen LogP contribution in [0.1, 0.15) is 22.3 Å². The maximum atomic E-state index is 6.12. The molecule has 0 fully saturated rings. The first-order valence-electron chi connectivity index (χ1n) is 5.17.